The predicted molar refractivity (Wildman–Crippen MR) is 90.7 cm³/mol. The van der Waals surface area contributed by atoms with Crippen molar-refractivity contribution < 1.29 is 4.79 Å². The van der Waals surface area contributed by atoms with Crippen molar-refractivity contribution in [2.24, 2.45) is 0 Å². The van der Waals surface area contributed by atoms with Crippen molar-refractivity contribution in [3.05, 3.63) is 44.3 Å². The van der Waals surface area contributed by atoms with E-state index in [0.29, 0.717) is 10.1 Å². The van der Waals surface area contributed by atoms with Crippen LogP contribution < -0.4 is 10.9 Å². The molecule has 4 rings (SSSR count). The quantitative estimate of drug-likeness (QED) is 0.724. The number of hydrogen-bond acceptors (Lipinski definition) is 6. The number of amides is 1. The molecule has 6 nitrogen and oxygen atoms in total. The molecule has 3 heterocycles. The van der Waals surface area contributed by atoms with Crippen LogP contribution in [0.1, 0.15) is 40.2 Å². The van der Waals surface area contributed by atoms with Gasteiger partial charge >= 0.3 is 0 Å². The highest BCUT2D eigenvalue weighted by Crippen LogP contribution is 2.29. The molecule has 8 heteroatoms. The lowest BCUT2D eigenvalue weighted by atomic mass is 10.2. The van der Waals surface area contributed by atoms with Gasteiger partial charge in [-0.2, -0.15) is 0 Å². The average Bonchev–Trinajstić information content (AvgIpc) is 3.10. The van der Waals surface area contributed by atoms with Crippen molar-refractivity contribution in [3.63, 3.8) is 0 Å². The molecule has 3 aromatic rings. The van der Waals surface area contributed by atoms with Crippen molar-refractivity contribution >= 4 is 38.7 Å². The molecule has 0 saturated carbocycles. The summed E-state index contributed by atoms with van der Waals surface area (Å²) in [6, 6.07) is 0. The lowest BCUT2D eigenvalue weighted by Gasteiger charge is -2.01. The summed E-state index contributed by atoms with van der Waals surface area (Å²) in [4.78, 5) is 35.2. The van der Waals surface area contributed by atoms with Crippen LogP contribution in [0.3, 0.4) is 0 Å². The number of nitrogens with zero attached hydrogens (tertiary/aromatic N) is 3. The summed E-state index contributed by atoms with van der Waals surface area (Å²) in [6.07, 6.45) is 8.49. The van der Waals surface area contributed by atoms with Gasteiger partial charge in [0.15, 0.2) is 10.1 Å². The Labute approximate surface area is 139 Å². The minimum Gasteiger partial charge on any atom is -0.298 e. The number of thiazole rings is 2. The van der Waals surface area contributed by atoms with Gasteiger partial charge in [0.1, 0.15) is 5.56 Å². The molecule has 1 N–H and O–H groups in total. The summed E-state index contributed by atoms with van der Waals surface area (Å²) in [5, 5.41) is 5.09. The van der Waals surface area contributed by atoms with Gasteiger partial charge in [0.2, 0.25) is 0 Å². The minimum absolute atomic E-state index is 0.0336. The molecule has 0 bridgehead atoms. The van der Waals surface area contributed by atoms with Crippen molar-refractivity contribution in [3.8, 4) is 0 Å². The first kappa shape index (κ1) is 14.5. The van der Waals surface area contributed by atoms with Crippen LogP contribution >= 0.6 is 22.7 Å². The number of aromatic nitrogens is 3. The van der Waals surface area contributed by atoms with Crippen LogP contribution in [0.25, 0.3) is 4.96 Å². The number of rotatable bonds is 2. The lowest BCUT2D eigenvalue weighted by Crippen LogP contribution is -2.25. The summed E-state index contributed by atoms with van der Waals surface area (Å²) < 4.78 is 1.39. The number of hydrogen-bond donors (Lipinski definition) is 1. The Balaban J connectivity index is 1.62. The predicted octanol–water partition coefficient (Wildman–Crippen LogP) is 2.73. The topological polar surface area (TPSA) is 76.4 Å². The molecule has 0 spiro atoms. The van der Waals surface area contributed by atoms with Crippen LogP contribution in [-0.4, -0.2) is 20.3 Å². The van der Waals surface area contributed by atoms with Gasteiger partial charge < -0.3 is 0 Å². The molecule has 1 amide bonds. The van der Waals surface area contributed by atoms with E-state index in [1.54, 1.807) is 11.6 Å². The van der Waals surface area contributed by atoms with Gasteiger partial charge in [-0.15, -0.1) is 22.7 Å². The van der Waals surface area contributed by atoms with E-state index in [2.05, 4.69) is 15.3 Å². The zero-order chi connectivity index (χ0) is 15.8. The highest BCUT2D eigenvalue weighted by atomic mass is 32.1. The molecular weight excluding hydrogens is 332 g/mol. The molecule has 3 aromatic heterocycles. The van der Waals surface area contributed by atoms with Gasteiger partial charge in [0.25, 0.3) is 11.5 Å². The van der Waals surface area contributed by atoms with Gasteiger partial charge in [0, 0.05) is 22.7 Å². The Morgan fingerprint density at radius 2 is 2.13 bits per heavy atom. The van der Waals surface area contributed by atoms with Crippen LogP contribution in [0.5, 0.6) is 0 Å². The highest BCUT2D eigenvalue weighted by Gasteiger charge is 2.18. The maximum absolute atomic E-state index is 12.4. The largest absolute Gasteiger partial charge is 0.298 e. The van der Waals surface area contributed by atoms with Crippen molar-refractivity contribution in [2.45, 2.75) is 32.1 Å². The van der Waals surface area contributed by atoms with Gasteiger partial charge in [-0.3, -0.25) is 19.3 Å². The maximum Gasteiger partial charge on any atom is 0.271 e. The van der Waals surface area contributed by atoms with Gasteiger partial charge in [0.05, 0.1) is 5.69 Å². The third kappa shape index (κ3) is 2.68. The van der Waals surface area contributed by atoms with E-state index in [0.717, 1.165) is 25.0 Å². The number of nitrogens with one attached hydrogen (secondary N) is 1. The fourth-order valence-corrected chi connectivity index (χ4v) is 4.45. The van der Waals surface area contributed by atoms with Crippen molar-refractivity contribution in [2.75, 3.05) is 5.32 Å². The maximum atomic E-state index is 12.4. The van der Waals surface area contributed by atoms with E-state index in [9.17, 15) is 9.59 Å². The Morgan fingerprint density at radius 3 is 3.04 bits per heavy atom. The van der Waals surface area contributed by atoms with E-state index in [-0.39, 0.29) is 11.1 Å². The molecule has 23 heavy (non-hydrogen) atoms. The smallest absolute Gasteiger partial charge is 0.271 e. The first-order chi connectivity index (χ1) is 11.2. The molecule has 0 aromatic carbocycles. The van der Waals surface area contributed by atoms with Gasteiger partial charge in [-0.1, -0.05) is 6.42 Å². The SMILES string of the molecule is O=C(Nc1nc2c(s1)CCCCC2)c1cnc2sccn2c1=O. The van der Waals surface area contributed by atoms with E-state index in [1.165, 1.54) is 51.0 Å². The first-order valence-electron chi connectivity index (χ1n) is 7.47. The summed E-state index contributed by atoms with van der Waals surface area (Å²) in [5.74, 6) is -0.452. The molecule has 118 valence electrons. The second-order valence-corrected chi connectivity index (χ2v) is 7.39. The monoisotopic (exact) mass is 346 g/mol. The molecule has 0 saturated heterocycles. The Hall–Kier alpha value is -2.06. The number of carbonyl (C=O) groups is 1. The minimum atomic E-state index is -0.452. The number of fused-ring (bicyclic) bond motifs is 2. The Bertz CT molecular complexity index is 917. The van der Waals surface area contributed by atoms with Crippen LogP contribution in [0.15, 0.2) is 22.6 Å². The standard InChI is InChI=1S/C15H14N4O2S2/c20-12(9-8-16-15-19(13(9)21)6-7-22-15)18-14-17-10-4-2-1-3-5-11(10)23-14/h6-8H,1-5H2,(H,17,18,20). The van der Waals surface area contributed by atoms with E-state index in [4.69, 9.17) is 0 Å². The zero-order valence-electron chi connectivity index (χ0n) is 12.2. The molecule has 0 aliphatic heterocycles. The summed E-state index contributed by atoms with van der Waals surface area (Å²) in [6.45, 7) is 0. The van der Waals surface area contributed by atoms with Gasteiger partial charge in [-0.05, 0) is 25.7 Å². The molecule has 1 aliphatic rings. The fourth-order valence-electron chi connectivity index (χ4n) is 2.73. The third-order valence-corrected chi connectivity index (χ3v) is 5.75. The van der Waals surface area contributed by atoms with Crippen molar-refractivity contribution in [1.29, 1.82) is 0 Å². The molecule has 1 aliphatic carbocycles. The third-order valence-electron chi connectivity index (χ3n) is 3.90. The number of aryl methyl sites for hydroxylation is 2. The van der Waals surface area contributed by atoms with Crippen LogP contribution in [0, 0.1) is 0 Å². The first-order valence-corrected chi connectivity index (χ1v) is 9.17. The van der Waals surface area contributed by atoms with Crippen LogP contribution in [-0.2, 0) is 12.8 Å². The summed E-state index contributed by atoms with van der Waals surface area (Å²) >= 11 is 2.87. The van der Waals surface area contributed by atoms with E-state index < -0.39 is 5.91 Å². The Morgan fingerprint density at radius 1 is 1.26 bits per heavy atom. The van der Waals surface area contributed by atoms with E-state index >= 15 is 0 Å². The molecule has 0 radical (unpaired) electrons. The van der Waals surface area contributed by atoms with E-state index in [1.807, 2.05) is 0 Å². The second kappa shape index (κ2) is 5.86. The average molecular weight is 346 g/mol. The molecular formula is C15H14N4O2S2. The highest BCUT2D eigenvalue weighted by molar-refractivity contribution is 7.16. The number of anilines is 1. The summed E-state index contributed by atoms with van der Waals surface area (Å²) in [5.41, 5.74) is 0.768. The van der Waals surface area contributed by atoms with Crippen LogP contribution in [0.4, 0.5) is 5.13 Å². The number of carbonyl (C=O) groups excluding carboxylic acids is 1. The van der Waals surface area contributed by atoms with Gasteiger partial charge in [-0.25, -0.2) is 9.97 Å². The molecule has 0 fully saturated rings. The normalized spacial score (nSPS) is 14.4. The lowest BCUT2D eigenvalue weighted by molar-refractivity contribution is 0.102. The van der Waals surface area contributed by atoms with Crippen LogP contribution in [0.2, 0.25) is 0 Å². The molecule has 0 atom stereocenters. The summed E-state index contributed by atoms with van der Waals surface area (Å²) in [7, 11) is 0. The fraction of sp³-hybridized carbons (Fsp3) is 0.333. The zero-order valence-corrected chi connectivity index (χ0v) is 13.9. The second-order valence-electron chi connectivity index (χ2n) is 5.44. The van der Waals surface area contributed by atoms with Crippen molar-refractivity contribution in [1.82, 2.24) is 14.4 Å². The Kier molecular flexibility index (Phi) is 3.70. The molecule has 0 unspecified atom stereocenters.